The lowest BCUT2D eigenvalue weighted by molar-refractivity contribution is 0.0732. The van der Waals surface area contributed by atoms with Gasteiger partial charge >= 0.3 is 0 Å². The van der Waals surface area contributed by atoms with E-state index in [0.717, 1.165) is 16.8 Å². The highest BCUT2D eigenvalue weighted by Crippen LogP contribution is 2.23. The molecule has 0 unspecified atom stereocenters. The number of amides is 1. The Morgan fingerprint density at radius 1 is 0.862 bits per heavy atom. The molecule has 0 atom stereocenters. The second-order valence-corrected chi connectivity index (χ2v) is 7.11. The van der Waals surface area contributed by atoms with E-state index in [4.69, 9.17) is 0 Å². The molecule has 1 amide bonds. The van der Waals surface area contributed by atoms with Crippen LogP contribution in [0.4, 0.5) is 4.39 Å². The first-order valence-corrected chi connectivity index (χ1v) is 9.54. The normalized spacial score (nSPS) is 10.8. The molecule has 0 aliphatic rings. The Balaban J connectivity index is 1.76. The van der Waals surface area contributed by atoms with Gasteiger partial charge in [0.1, 0.15) is 5.82 Å². The van der Waals surface area contributed by atoms with E-state index in [1.165, 1.54) is 12.1 Å². The van der Waals surface area contributed by atoms with Crippen molar-refractivity contribution in [2.45, 2.75) is 20.0 Å². The van der Waals surface area contributed by atoms with Gasteiger partial charge in [-0.05, 0) is 42.3 Å². The molecule has 0 radical (unpaired) electrons. The van der Waals surface area contributed by atoms with Crippen LogP contribution in [0.15, 0.2) is 84.9 Å². The van der Waals surface area contributed by atoms with Crippen LogP contribution in [0.2, 0.25) is 0 Å². The minimum Gasteiger partial charge on any atom is -0.330 e. The molecular formula is C25H21FN2O. The number of pyridine rings is 1. The van der Waals surface area contributed by atoms with E-state index in [-0.39, 0.29) is 11.7 Å². The summed E-state index contributed by atoms with van der Waals surface area (Å²) < 4.78 is 13.9. The summed E-state index contributed by atoms with van der Waals surface area (Å²) in [6.07, 6.45) is 0. The molecule has 4 heteroatoms. The monoisotopic (exact) mass is 384 g/mol. The van der Waals surface area contributed by atoms with Crippen LogP contribution in [0.25, 0.3) is 10.9 Å². The zero-order valence-electron chi connectivity index (χ0n) is 16.2. The van der Waals surface area contributed by atoms with Crippen LogP contribution in [0.1, 0.15) is 27.2 Å². The number of aryl methyl sites for hydroxylation is 1. The lowest BCUT2D eigenvalue weighted by atomic mass is 10.0. The number of nitrogens with zero attached hydrogens (tertiary/aromatic N) is 2. The number of hydrogen-bond acceptors (Lipinski definition) is 2. The van der Waals surface area contributed by atoms with Gasteiger partial charge in [0.05, 0.1) is 11.1 Å². The van der Waals surface area contributed by atoms with Gasteiger partial charge in [-0.2, -0.15) is 0 Å². The molecule has 0 saturated carbocycles. The van der Waals surface area contributed by atoms with E-state index in [9.17, 15) is 9.18 Å². The summed E-state index contributed by atoms with van der Waals surface area (Å²) in [5, 5.41) is 0.534. The number of halogens is 1. The molecule has 1 aromatic heterocycles. The molecule has 4 aromatic rings. The van der Waals surface area contributed by atoms with Gasteiger partial charge < -0.3 is 4.90 Å². The van der Waals surface area contributed by atoms with Crippen LogP contribution in [-0.4, -0.2) is 15.8 Å². The largest absolute Gasteiger partial charge is 0.330 e. The highest BCUT2D eigenvalue weighted by molar-refractivity contribution is 6.06. The van der Waals surface area contributed by atoms with E-state index < -0.39 is 0 Å². The maximum absolute atomic E-state index is 13.9. The summed E-state index contributed by atoms with van der Waals surface area (Å²) in [4.78, 5) is 19.9. The van der Waals surface area contributed by atoms with Gasteiger partial charge in [0.15, 0.2) is 0 Å². The van der Waals surface area contributed by atoms with Crippen LogP contribution in [-0.2, 0) is 13.1 Å². The maximum atomic E-state index is 13.9. The SMILES string of the molecule is Cc1cc(C(=O)N(Cc2ccccc2)Cc2ccccc2)c2cc(F)ccc2n1. The fourth-order valence-corrected chi connectivity index (χ4v) is 3.48. The lowest BCUT2D eigenvalue weighted by Crippen LogP contribution is -2.30. The Kier molecular flexibility index (Phi) is 5.34. The summed E-state index contributed by atoms with van der Waals surface area (Å²) in [6, 6.07) is 25.9. The smallest absolute Gasteiger partial charge is 0.255 e. The molecule has 0 fully saturated rings. The van der Waals surface area contributed by atoms with Crippen molar-refractivity contribution >= 4 is 16.8 Å². The van der Waals surface area contributed by atoms with E-state index in [1.807, 2.05) is 67.6 Å². The highest BCUT2D eigenvalue weighted by atomic mass is 19.1. The van der Waals surface area contributed by atoms with Crippen molar-refractivity contribution < 1.29 is 9.18 Å². The fourth-order valence-electron chi connectivity index (χ4n) is 3.48. The summed E-state index contributed by atoms with van der Waals surface area (Å²) in [6.45, 7) is 2.78. The molecule has 144 valence electrons. The zero-order valence-corrected chi connectivity index (χ0v) is 16.2. The first-order chi connectivity index (χ1) is 14.1. The molecule has 0 bridgehead atoms. The summed E-state index contributed by atoms with van der Waals surface area (Å²) >= 11 is 0. The van der Waals surface area contributed by atoms with Crippen LogP contribution in [0.3, 0.4) is 0 Å². The van der Waals surface area contributed by atoms with E-state index in [1.54, 1.807) is 17.0 Å². The Hall–Kier alpha value is -3.53. The minimum atomic E-state index is -0.380. The average molecular weight is 384 g/mol. The number of fused-ring (bicyclic) bond motifs is 1. The van der Waals surface area contributed by atoms with Gasteiger partial charge in [0.2, 0.25) is 0 Å². The molecule has 1 heterocycles. The van der Waals surface area contributed by atoms with Crippen molar-refractivity contribution in [2.75, 3.05) is 0 Å². The average Bonchev–Trinajstić information content (AvgIpc) is 2.74. The molecule has 0 saturated heterocycles. The molecule has 3 aromatic carbocycles. The summed E-state index contributed by atoms with van der Waals surface area (Å²) in [7, 11) is 0. The lowest BCUT2D eigenvalue weighted by Gasteiger charge is -2.24. The Morgan fingerprint density at radius 2 is 1.45 bits per heavy atom. The minimum absolute atomic E-state index is 0.140. The van der Waals surface area contributed by atoms with Crippen molar-refractivity contribution in [3.63, 3.8) is 0 Å². The first kappa shape index (κ1) is 18.8. The third-order valence-electron chi connectivity index (χ3n) is 4.85. The Bertz CT molecular complexity index is 1100. The maximum Gasteiger partial charge on any atom is 0.255 e. The highest BCUT2D eigenvalue weighted by Gasteiger charge is 2.20. The number of rotatable bonds is 5. The third kappa shape index (κ3) is 4.32. The molecule has 4 rings (SSSR count). The third-order valence-corrected chi connectivity index (χ3v) is 4.85. The quantitative estimate of drug-likeness (QED) is 0.454. The van der Waals surface area contributed by atoms with Crippen molar-refractivity contribution in [2.24, 2.45) is 0 Å². The summed E-state index contributed by atoms with van der Waals surface area (Å²) in [5.74, 6) is -0.520. The first-order valence-electron chi connectivity index (χ1n) is 9.54. The topological polar surface area (TPSA) is 33.2 Å². The second-order valence-electron chi connectivity index (χ2n) is 7.11. The molecule has 3 nitrogen and oxygen atoms in total. The molecule has 0 N–H and O–H groups in total. The number of benzene rings is 3. The van der Waals surface area contributed by atoms with Crippen molar-refractivity contribution in [3.8, 4) is 0 Å². The number of carbonyl (C=O) groups is 1. The van der Waals surface area contributed by atoms with Gasteiger partial charge in [-0.3, -0.25) is 9.78 Å². The van der Waals surface area contributed by atoms with Crippen molar-refractivity contribution in [1.82, 2.24) is 9.88 Å². The molecule has 0 aliphatic carbocycles. The molecule has 29 heavy (non-hydrogen) atoms. The predicted octanol–water partition coefficient (Wildman–Crippen LogP) is 5.52. The Morgan fingerprint density at radius 3 is 2.03 bits per heavy atom. The van der Waals surface area contributed by atoms with Gasteiger partial charge in [0.25, 0.3) is 5.91 Å². The number of hydrogen-bond donors (Lipinski definition) is 0. The molecule has 0 aliphatic heterocycles. The Labute approximate surface area is 169 Å². The standard InChI is InChI=1S/C25H21FN2O/c1-18-14-23(22-15-21(26)12-13-24(22)27-18)25(29)28(16-19-8-4-2-5-9-19)17-20-10-6-3-7-11-20/h2-15H,16-17H2,1H3. The van der Waals surface area contributed by atoms with E-state index in [2.05, 4.69) is 4.98 Å². The predicted molar refractivity (Wildman–Crippen MR) is 113 cm³/mol. The van der Waals surface area contributed by atoms with Gasteiger partial charge in [0, 0.05) is 24.2 Å². The van der Waals surface area contributed by atoms with E-state index in [0.29, 0.717) is 29.6 Å². The summed E-state index contributed by atoms with van der Waals surface area (Å²) in [5.41, 5.74) is 3.90. The fraction of sp³-hybridized carbons (Fsp3) is 0.120. The van der Waals surface area contributed by atoms with E-state index >= 15 is 0 Å². The van der Waals surface area contributed by atoms with Crippen LogP contribution in [0, 0.1) is 12.7 Å². The molecular weight excluding hydrogens is 363 g/mol. The second kappa shape index (κ2) is 8.23. The van der Waals surface area contributed by atoms with Gasteiger partial charge in [-0.1, -0.05) is 60.7 Å². The van der Waals surface area contributed by atoms with Crippen molar-refractivity contribution in [3.05, 3.63) is 113 Å². The van der Waals surface area contributed by atoms with Crippen molar-refractivity contribution in [1.29, 1.82) is 0 Å². The van der Waals surface area contributed by atoms with Crippen LogP contribution >= 0.6 is 0 Å². The zero-order chi connectivity index (χ0) is 20.2. The molecule has 0 spiro atoms. The van der Waals surface area contributed by atoms with Gasteiger partial charge in [-0.25, -0.2) is 4.39 Å². The number of carbonyl (C=O) groups excluding carboxylic acids is 1. The van der Waals surface area contributed by atoms with Crippen LogP contribution in [0.5, 0.6) is 0 Å². The van der Waals surface area contributed by atoms with Gasteiger partial charge in [-0.15, -0.1) is 0 Å². The number of aromatic nitrogens is 1. The van der Waals surface area contributed by atoms with Crippen LogP contribution < -0.4 is 0 Å².